The zero-order valence-corrected chi connectivity index (χ0v) is 18.6. The van der Waals surface area contributed by atoms with Gasteiger partial charge >= 0.3 is 0 Å². The zero-order chi connectivity index (χ0) is 22.3. The van der Waals surface area contributed by atoms with Crippen LogP contribution >= 0.6 is 0 Å². The van der Waals surface area contributed by atoms with Crippen LogP contribution in [-0.2, 0) is 16.8 Å². The largest absolute Gasteiger partial charge is 0.588 e. The zero-order valence-electron chi connectivity index (χ0n) is 17.8. The maximum Gasteiger partial charge on any atom is 0.182 e. The van der Waals surface area contributed by atoms with E-state index in [-0.39, 0.29) is 11.2 Å². The standard InChI is InChI=1S/C23H24FN5OS/c1-14-12-22(28-31(30)15-8-10-17(18(24)13-15)23(2,3)4)29(27-14)20-7-5-6-19-16(20)9-11-21(25)26-19/h5-13,28H,1-4H3,(H2,25,26). The van der Waals surface area contributed by atoms with Crippen LogP contribution in [0, 0.1) is 12.7 Å². The maximum atomic E-state index is 14.6. The number of benzene rings is 2. The maximum absolute atomic E-state index is 14.6. The van der Waals surface area contributed by atoms with Crippen molar-refractivity contribution in [3.05, 3.63) is 71.7 Å². The van der Waals surface area contributed by atoms with Crippen LogP contribution in [0.25, 0.3) is 16.6 Å². The lowest BCUT2D eigenvalue weighted by atomic mass is 9.87. The average molecular weight is 438 g/mol. The predicted octanol–water partition coefficient (Wildman–Crippen LogP) is 4.88. The Labute approximate surface area is 183 Å². The molecule has 0 radical (unpaired) electrons. The Kier molecular flexibility index (Phi) is 5.36. The molecule has 2 heterocycles. The minimum Gasteiger partial charge on any atom is -0.588 e. The molecule has 0 aliphatic heterocycles. The van der Waals surface area contributed by atoms with Crippen molar-refractivity contribution in [2.24, 2.45) is 0 Å². The molecule has 2 aromatic heterocycles. The van der Waals surface area contributed by atoms with Crippen LogP contribution in [0.2, 0.25) is 0 Å². The van der Waals surface area contributed by atoms with Gasteiger partial charge in [-0.3, -0.25) is 0 Å². The number of nitrogens with zero attached hydrogens (tertiary/aromatic N) is 3. The third-order valence-electron chi connectivity index (χ3n) is 4.95. The fraction of sp³-hybridized carbons (Fsp3) is 0.217. The molecule has 1 atom stereocenters. The summed E-state index contributed by atoms with van der Waals surface area (Å²) < 4.78 is 32.2. The molecular formula is C23H24FN5OS. The number of aromatic nitrogens is 3. The van der Waals surface area contributed by atoms with Crippen molar-refractivity contribution >= 4 is 33.9 Å². The normalized spacial score (nSPS) is 12.8. The molecule has 0 amide bonds. The Bertz CT molecular complexity index is 1260. The van der Waals surface area contributed by atoms with E-state index in [1.54, 1.807) is 28.9 Å². The first kappa shape index (κ1) is 21.1. The van der Waals surface area contributed by atoms with Crippen molar-refractivity contribution < 1.29 is 8.94 Å². The fourth-order valence-electron chi connectivity index (χ4n) is 3.47. The Balaban J connectivity index is 1.70. The minimum atomic E-state index is -1.67. The number of hydrogen-bond acceptors (Lipinski definition) is 5. The lowest BCUT2D eigenvalue weighted by Gasteiger charge is -2.20. The average Bonchev–Trinajstić information content (AvgIpc) is 3.06. The first-order chi connectivity index (χ1) is 14.6. The van der Waals surface area contributed by atoms with Gasteiger partial charge in [0.1, 0.15) is 23.0 Å². The number of fused-ring (bicyclic) bond motifs is 1. The number of rotatable bonds is 4. The Morgan fingerprint density at radius 3 is 2.58 bits per heavy atom. The van der Waals surface area contributed by atoms with Gasteiger partial charge in [-0.2, -0.15) is 9.82 Å². The lowest BCUT2D eigenvalue weighted by molar-refractivity contribution is 0.519. The highest BCUT2D eigenvalue weighted by molar-refractivity contribution is 7.92. The molecule has 160 valence electrons. The molecule has 0 fully saturated rings. The van der Waals surface area contributed by atoms with Crippen LogP contribution in [0.3, 0.4) is 0 Å². The number of aryl methyl sites for hydroxylation is 1. The van der Waals surface area contributed by atoms with Gasteiger partial charge in [0.15, 0.2) is 10.7 Å². The van der Waals surface area contributed by atoms with E-state index in [4.69, 9.17) is 5.73 Å². The van der Waals surface area contributed by atoms with Crippen LogP contribution in [0.15, 0.2) is 59.5 Å². The summed E-state index contributed by atoms with van der Waals surface area (Å²) in [5.74, 6) is 0.587. The molecule has 6 nitrogen and oxygen atoms in total. The van der Waals surface area contributed by atoms with Crippen LogP contribution in [0.5, 0.6) is 0 Å². The predicted molar refractivity (Wildman–Crippen MR) is 123 cm³/mol. The smallest absolute Gasteiger partial charge is 0.182 e. The van der Waals surface area contributed by atoms with Gasteiger partial charge in [-0.25, -0.2) is 14.1 Å². The first-order valence-corrected chi connectivity index (χ1v) is 11.0. The Hall–Kier alpha value is -3.10. The van der Waals surface area contributed by atoms with E-state index in [9.17, 15) is 8.94 Å². The molecule has 0 saturated carbocycles. The Morgan fingerprint density at radius 1 is 1.10 bits per heavy atom. The molecular weight excluding hydrogens is 413 g/mol. The van der Waals surface area contributed by atoms with Crippen molar-refractivity contribution in [3.63, 3.8) is 0 Å². The highest BCUT2D eigenvalue weighted by Crippen LogP contribution is 2.29. The summed E-state index contributed by atoms with van der Waals surface area (Å²) in [7, 11) is 0. The number of halogens is 1. The van der Waals surface area contributed by atoms with Gasteiger partial charge in [0.2, 0.25) is 0 Å². The summed E-state index contributed by atoms with van der Waals surface area (Å²) in [4.78, 5) is 4.71. The summed E-state index contributed by atoms with van der Waals surface area (Å²) in [5.41, 5.74) is 8.30. The van der Waals surface area contributed by atoms with Gasteiger partial charge in [-0.1, -0.05) is 32.9 Å². The summed E-state index contributed by atoms with van der Waals surface area (Å²) >= 11 is -1.67. The highest BCUT2D eigenvalue weighted by atomic mass is 32.2. The monoisotopic (exact) mass is 437 g/mol. The third kappa shape index (κ3) is 4.22. The van der Waals surface area contributed by atoms with E-state index in [0.717, 1.165) is 22.3 Å². The Morgan fingerprint density at radius 2 is 1.87 bits per heavy atom. The van der Waals surface area contributed by atoms with E-state index in [2.05, 4.69) is 14.8 Å². The van der Waals surface area contributed by atoms with E-state index in [1.807, 2.05) is 52.0 Å². The molecule has 0 spiro atoms. The summed E-state index contributed by atoms with van der Waals surface area (Å²) in [6.07, 6.45) is 0. The number of anilines is 2. The van der Waals surface area contributed by atoms with Crippen molar-refractivity contribution in [2.75, 3.05) is 10.5 Å². The van der Waals surface area contributed by atoms with E-state index in [0.29, 0.717) is 22.1 Å². The molecule has 0 aliphatic carbocycles. The lowest BCUT2D eigenvalue weighted by Crippen LogP contribution is -2.18. The van der Waals surface area contributed by atoms with E-state index in [1.165, 1.54) is 6.07 Å². The molecule has 31 heavy (non-hydrogen) atoms. The number of pyridine rings is 1. The van der Waals surface area contributed by atoms with Crippen LogP contribution in [-0.4, -0.2) is 19.3 Å². The molecule has 8 heteroatoms. The molecule has 4 aromatic rings. The van der Waals surface area contributed by atoms with Crippen LogP contribution in [0.1, 0.15) is 32.0 Å². The first-order valence-electron chi connectivity index (χ1n) is 9.84. The van der Waals surface area contributed by atoms with Crippen molar-refractivity contribution in [1.82, 2.24) is 14.8 Å². The summed E-state index contributed by atoms with van der Waals surface area (Å²) in [6, 6.07) is 15.7. The van der Waals surface area contributed by atoms with Gasteiger partial charge in [-0.15, -0.1) is 0 Å². The number of nitrogen functional groups attached to an aromatic ring is 1. The fourth-order valence-corrected chi connectivity index (χ4v) is 4.32. The molecule has 0 saturated heterocycles. The molecule has 0 aliphatic rings. The van der Waals surface area contributed by atoms with Gasteiger partial charge in [-0.05, 0) is 48.2 Å². The second-order valence-corrected chi connectivity index (χ2v) is 9.64. The van der Waals surface area contributed by atoms with Gasteiger partial charge in [0, 0.05) is 17.5 Å². The van der Waals surface area contributed by atoms with E-state index < -0.39 is 11.4 Å². The SMILES string of the molecule is Cc1cc(N[S+]([O-])c2ccc(C(C)(C)C)c(F)c2)n(-c2cccc3nc(N)ccc23)n1. The minimum absolute atomic E-state index is 0.334. The molecule has 4 rings (SSSR count). The number of nitrogens with one attached hydrogen (secondary N) is 1. The van der Waals surface area contributed by atoms with Crippen molar-refractivity contribution in [2.45, 2.75) is 38.0 Å². The van der Waals surface area contributed by atoms with E-state index >= 15 is 0 Å². The van der Waals surface area contributed by atoms with Crippen molar-refractivity contribution in [3.8, 4) is 5.69 Å². The van der Waals surface area contributed by atoms with Crippen molar-refractivity contribution in [1.29, 1.82) is 0 Å². The van der Waals surface area contributed by atoms with Crippen LogP contribution in [0.4, 0.5) is 16.0 Å². The molecule has 1 unspecified atom stereocenters. The summed E-state index contributed by atoms with van der Waals surface area (Å²) in [6.45, 7) is 7.67. The molecule has 0 bridgehead atoms. The van der Waals surface area contributed by atoms with Gasteiger partial charge in [0.25, 0.3) is 0 Å². The summed E-state index contributed by atoms with van der Waals surface area (Å²) in [5, 5.41) is 5.41. The topological polar surface area (TPSA) is 91.8 Å². The second kappa shape index (κ2) is 7.86. The molecule has 2 aromatic carbocycles. The highest BCUT2D eigenvalue weighted by Gasteiger charge is 2.23. The van der Waals surface area contributed by atoms with Gasteiger partial charge in [0.05, 0.1) is 16.9 Å². The van der Waals surface area contributed by atoms with Gasteiger partial charge < -0.3 is 10.3 Å². The second-order valence-electron chi connectivity index (χ2n) is 8.43. The third-order valence-corrected chi connectivity index (χ3v) is 6.03. The number of nitrogens with two attached hydrogens (primary N) is 1. The van der Waals surface area contributed by atoms with Crippen LogP contribution < -0.4 is 10.5 Å². The number of hydrogen-bond donors (Lipinski definition) is 2. The quantitative estimate of drug-likeness (QED) is 0.444. The molecule has 3 N–H and O–H groups in total.